The summed E-state index contributed by atoms with van der Waals surface area (Å²) >= 11 is 0. The molecule has 136 valence electrons. The molecule has 1 atom stereocenters. The van der Waals surface area contributed by atoms with Crippen LogP contribution in [0.15, 0.2) is 29.2 Å². The summed E-state index contributed by atoms with van der Waals surface area (Å²) in [6.07, 6.45) is 0.991. The number of nitrogens with one attached hydrogen (secondary N) is 3. The standard InChI is InChI=1S/C16H26FN3O3S/c1-4-9-18-10-11-19-16(21)15(12(2)3)20-24(22,23)14-8-6-5-7-13(14)17/h5-8,12,15,18,20H,4,9-11H2,1-3H3,(H,19,21). The van der Waals surface area contributed by atoms with Gasteiger partial charge in [0.15, 0.2) is 0 Å². The summed E-state index contributed by atoms with van der Waals surface area (Å²) in [7, 11) is -4.12. The van der Waals surface area contributed by atoms with Crippen LogP contribution in [0.5, 0.6) is 0 Å². The summed E-state index contributed by atoms with van der Waals surface area (Å²) in [5, 5.41) is 5.83. The fourth-order valence-electron chi connectivity index (χ4n) is 2.07. The number of rotatable bonds is 10. The predicted octanol–water partition coefficient (Wildman–Crippen LogP) is 1.24. The molecule has 0 radical (unpaired) electrons. The van der Waals surface area contributed by atoms with Gasteiger partial charge in [-0.15, -0.1) is 0 Å². The van der Waals surface area contributed by atoms with Gasteiger partial charge in [-0.25, -0.2) is 12.8 Å². The van der Waals surface area contributed by atoms with Crippen molar-refractivity contribution in [3.05, 3.63) is 30.1 Å². The minimum atomic E-state index is -4.12. The maximum Gasteiger partial charge on any atom is 0.244 e. The van der Waals surface area contributed by atoms with Gasteiger partial charge < -0.3 is 10.6 Å². The lowest BCUT2D eigenvalue weighted by Crippen LogP contribution is -2.50. The normalized spacial score (nSPS) is 13.0. The van der Waals surface area contributed by atoms with Crippen LogP contribution >= 0.6 is 0 Å². The highest BCUT2D eigenvalue weighted by Gasteiger charge is 2.29. The molecule has 0 saturated heterocycles. The number of amides is 1. The summed E-state index contributed by atoms with van der Waals surface area (Å²) < 4.78 is 40.7. The molecule has 1 rings (SSSR count). The molecule has 0 bridgehead atoms. The summed E-state index contributed by atoms with van der Waals surface area (Å²) in [4.78, 5) is 11.8. The molecule has 8 heteroatoms. The minimum Gasteiger partial charge on any atom is -0.353 e. The molecule has 1 aromatic carbocycles. The third-order valence-electron chi connectivity index (χ3n) is 3.39. The van der Waals surface area contributed by atoms with E-state index in [9.17, 15) is 17.6 Å². The largest absolute Gasteiger partial charge is 0.353 e. The average molecular weight is 359 g/mol. The number of sulfonamides is 1. The molecule has 0 fully saturated rings. The Balaban J connectivity index is 2.75. The highest BCUT2D eigenvalue weighted by molar-refractivity contribution is 7.89. The van der Waals surface area contributed by atoms with Gasteiger partial charge >= 0.3 is 0 Å². The van der Waals surface area contributed by atoms with E-state index >= 15 is 0 Å². The second kappa shape index (κ2) is 9.71. The molecule has 0 spiro atoms. The van der Waals surface area contributed by atoms with Gasteiger partial charge in [-0.2, -0.15) is 4.72 Å². The number of hydrogen-bond donors (Lipinski definition) is 3. The van der Waals surface area contributed by atoms with Crippen molar-refractivity contribution >= 4 is 15.9 Å². The van der Waals surface area contributed by atoms with Crippen molar-refractivity contribution in [2.75, 3.05) is 19.6 Å². The van der Waals surface area contributed by atoms with E-state index in [1.807, 2.05) is 6.92 Å². The van der Waals surface area contributed by atoms with E-state index in [2.05, 4.69) is 15.4 Å². The molecule has 24 heavy (non-hydrogen) atoms. The van der Waals surface area contributed by atoms with Crippen molar-refractivity contribution in [3.63, 3.8) is 0 Å². The molecule has 1 amide bonds. The van der Waals surface area contributed by atoms with E-state index < -0.39 is 32.7 Å². The maximum atomic E-state index is 13.7. The average Bonchev–Trinajstić information content (AvgIpc) is 2.52. The lowest BCUT2D eigenvalue weighted by molar-refractivity contribution is -0.123. The van der Waals surface area contributed by atoms with Crippen LogP contribution in [-0.2, 0) is 14.8 Å². The lowest BCUT2D eigenvalue weighted by atomic mass is 10.1. The van der Waals surface area contributed by atoms with E-state index in [1.165, 1.54) is 18.2 Å². The quantitative estimate of drug-likeness (QED) is 0.549. The van der Waals surface area contributed by atoms with Gasteiger partial charge in [0.25, 0.3) is 0 Å². The highest BCUT2D eigenvalue weighted by Crippen LogP contribution is 2.15. The molecule has 0 aliphatic rings. The van der Waals surface area contributed by atoms with Crippen molar-refractivity contribution in [1.82, 2.24) is 15.4 Å². The number of carbonyl (C=O) groups is 1. The molecule has 0 aliphatic heterocycles. The van der Waals surface area contributed by atoms with Gasteiger partial charge in [0.05, 0.1) is 0 Å². The molecule has 0 saturated carbocycles. The molecular formula is C16H26FN3O3S. The Labute approximate surface area is 143 Å². The highest BCUT2D eigenvalue weighted by atomic mass is 32.2. The van der Waals surface area contributed by atoms with E-state index in [-0.39, 0.29) is 5.92 Å². The topological polar surface area (TPSA) is 87.3 Å². The third kappa shape index (κ3) is 6.18. The first kappa shape index (κ1) is 20.5. The monoisotopic (exact) mass is 359 g/mol. The number of carbonyl (C=O) groups excluding carboxylic acids is 1. The molecule has 1 aromatic rings. The van der Waals surface area contributed by atoms with Crippen LogP contribution in [0, 0.1) is 11.7 Å². The van der Waals surface area contributed by atoms with E-state index in [0.717, 1.165) is 19.0 Å². The van der Waals surface area contributed by atoms with Crippen molar-refractivity contribution in [2.24, 2.45) is 5.92 Å². The van der Waals surface area contributed by atoms with E-state index in [4.69, 9.17) is 0 Å². The van der Waals surface area contributed by atoms with E-state index in [0.29, 0.717) is 13.1 Å². The van der Waals surface area contributed by atoms with Crippen LogP contribution in [-0.4, -0.2) is 40.0 Å². The molecule has 3 N–H and O–H groups in total. The fourth-order valence-corrected chi connectivity index (χ4v) is 3.49. The SMILES string of the molecule is CCCNCCNC(=O)C(NS(=O)(=O)c1ccccc1F)C(C)C. The van der Waals surface area contributed by atoms with Gasteiger partial charge in [-0.1, -0.05) is 32.9 Å². The predicted molar refractivity (Wildman–Crippen MR) is 91.5 cm³/mol. The van der Waals surface area contributed by atoms with Crippen molar-refractivity contribution < 1.29 is 17.6 Å². The molecular weight excluding hydrogens is 333 g/mol. The molecule has 0 aliphatic carbocycles. The van der Waals surface area contributed by atoms with Gasteiger partial charge in [-0.05, 0) is 31.0 Å². The molecule has 1 unspecified atom stereocenters. The second-order valence-corrected chi connectivity index (χ2v) is 7.50. The zero-order valence-electron chi connectivity index (χ0n) is 14.3. The minimum absolute atomic E-state index is 0.282. The summed E-state index contributed by atoms with van der Waals surface area (Å²) in [5.41, 5.74) is 0. The van der Waals surface area contributed by atoms with Crippen LogP contribution in [0.1, 0.15) is 27.2 Å². The zero-order valence-corrected chi connectivity index (χ0v) is 15.1. The lowest BCUT2D eigenvalue weighted by Gasteiger charge is -2.22. The first-order valence-electron chi connectivity index (χ1n) is 8.05. The summed E-state index contributed by atoms with van der Waals surface area (Å²) in [5.74, 6) is -1.56. The zero-order chi connectivity index (χ0) is 18.2. The maximum absolute atomic E-state index is 13.7. The Bertz CT molecular complexity index is 635. The molecule has 6 nitrogen and oxygen atoms in total. The Morgan fingerprint density at radius 1 is 1.17 bits per heavy atom. The Hall–Kier alpha value is -1.51. The van der Waals surface area contributed by atoms with Crippen LogP contribution in [0.2, 0.25) is 0 Å². The van der Waals surface area contributed by atoms with Crippen molar-refractivity contribution in [1.29, 1.82) is 0 Å². The van der Waals surface area contributed by atoms with Crippen molar-refractivity contribution in [2.45, 2.75) is 38.1 Å². The smallest absolute Gasteiger partial charge is 0.244 e. The Kier molecular flexibility index (Phi) is 8.30. The fraction of sp³-hybridized carbons (Fsp3) is 0.562. The van der Waals surface area contributed by atoms with E-state index in [1.54, 1.807) is 13.8 Å². The number of hydrogen-bond acceptors (Lipinski definition) is 4. The van der Waals surface area contributed by atoms with Gasteiger partial charge in [-0.3, -0.25) is 4.79 Å². The van der Waals surface area contributed by atoms with Crippen LogP contribution < -0.4 is 15.4 Å². The molecule has 0 heterocycles. The van der Waals surface area contributed by atoms with Crippen LogP contribution in [0.3, 0.4) is 0 Å². The second-order valence-electron chi connectivity index (χ2n) is 5.81. The van der Waals surface area contributed by atoms with Crippen molar-refractivity contribution in [3.8, 4) is 0 Å². The first-order chi connectivity index (χ1) is 11.3. The van der Waals surface area contributed by atoms with Gasteiger partial charge in [0.1, 0.15) is 16.8 Å². The Morgan fingerprint density at radius 2 is 1.83 bits per heavy atom. The summed E-state index contributed by atoms with van der Waals surface area (Å²) in [6, 6.07) is 4.10. The number of halogens is 1. The summed E-state index contributed by atoms with van der Waals surface area (Å²) in [6.45, 7) is 7.34. The van der Waals surface area contributed by atoms with Crippen LogP contribution in [0.4, 0.5) is 4.39 Å². The number of benzene rings is 1. The first-order valence-corrected chi connectivity index (χ1v) is 9.53. The van der Waals surface area contributed by atoms with Crippen LogP contribution in [0.25, 0.3) is 0 Å². The van der Waals surface area contributed by atoms with Gasteiger partial charge in [0, 0.05) is 13.1 Å². The molecule has 0 aromatic heterocycles. The Morgan fingerprint density at radius 3 is 2.42 bits per heavy atom. The third-order valence-corrected chi connectivity index (χ3v) is 4.86. The van der Waals surface area contributed by atoms with Gasteiger partial charge in [0.2, 0.25) is 15.9 Å².